The van der Waals surface area contributed by atoms with Crippen molar-refractivity contribution in [3.63, 3.8) is 0 Å². The number of hydrogen-bond donors (Lipinski definition) is 0. The van der Waals surface area contributed by atoms with E-state index >= 15 is 0 Å². The molecule has 0 spiro atoms. The molecule has 114 valence electrons. The molecular weight excluding hydrogens is 284 g/mol. The Bertz CT molecular complexity index is 1010. The molecule has 3 nitrogen and oxygen atoms in total. The van der Waals surface area contributed by atoms with Gasteiger partial charge in [-0.1, -0.05) is 32.9 Å². The van der Waals surface area contributed by atoms with E-state index in [-0.39, 0.29) is 5.41 Å². The Morgan fingerprint density at radius 3 is 2.52 bits per heavy atom. The molecule has 0 atom stereocenters. The zero-order valence-corrected chi connectivity index (χ0v) is 13.5. The molecule has 0 aliphatic rings. The van der Waals surface area contributed by atoms with E-state index in [1.165, 1.54) is 5.56 Å². The summed E-state index contributed by atoms with van der Waals surface area (Å²) in [6, 6.07) is 14.4. The average Bonchev–Trinajstić information content (AvgIpc) is 2.93. The third-order valence-electron chi connectivity index (χ3n) is 4.18. The van der Waals surface area contributed by atoms with E-state index in [0.29, 0.717) is 5.71 Å². The Morgan fingerprint density at radius 1 is 0.870 bits per heavy atom. The van der Waals surface area contributed by atoms with Gasteiger partial charge in [0.1, 0.15) is 5.58 Å². The standard InChI is InChI=1S/C20H18N2O/c1-20(2,3)13-9-11-21-17(12-13)16-7-4-6-14-15-8-5-10-22-19(15)23-18(14)16/h4-12H,1-3H3. The van der Waals surface area contributed by atoms with E-state index in [9.17, 15) is 0 Å². The Morgan fingerprint density at radius 2 is 1.70 bits per heavy atom. The molecule has 0 aliphatic heterocycles. The summed E-state index contributed by atoms with van der Waals surface area (Å²) in [5.41, 5.74) is 4.80. The maximum Gasteiger partial charge on any atom is 0.227 e. The van der Waals surface area contributed by atoms with Crippen LogP contribution in [0.3, 0.4) is 0 Å². The first kappa shape index (κ1) is 13.9. The van der Waals surface area contributed by atoms with Crippen LogP contribution in [0.1, 0.15) is 26.3 Å². The van der Waals surface area contributed by atoms with Crippen LogP contribution in [-0.2, 0) is 5.41 Å². The largest absolute Gasteiger partial charge is 0.437 e. The molecule has 4 rings (SSSR count). The van der Waals surface area contributed by atoms with Gasteiger partial charge < -0.3 is 4.42 Å². The molecule has 0 saturated carbocycles. The minimum absolute atomic E-state index is 0.0843. The predicted octanol–water partition coefficient (Wildman–Crippen LogP) is 5.34. The summed E-state index contributed by atoms with van der Waals surface area (Å²) in [7, 11) is 0. The summed E-state index contributed by atoms with van der Waals surface area (Å²) < 4.78 is 6.01. The van der Waals surface area contributed by atoms with Gasteiger partial charge >= 0.3 is 0 Å². The van der Waals surface area contributed by atoms with Crippen LogP contribution < -0.4 is 0 Å². The molecule has 0 saturated heterocycles. The minimum Gasteiger partial charge on any atom is -0.437 e. The van der Waals surface area contributed by atoms with Gasteiger partial charge in [0.2, 0.25) is 5.71 Å². The van der Waals surface area contributed by atoms with Gasteiger partial charge in [-0.15, -0.1) is 0 Å². The lowest BCUT2D eigenvalue weighted by Gasteiger charge is -2.19. The zero-order chi connectivity index (χ0) is 16.0. The number of pyridine rings is 2. The van der Waals surface area contributed by atoms with Crippen LogP contribution in [0.2, 0.25) is 0 Å². The number of furan rings is 1. The molecule has 0 aliphatic carbocycles. The first-order chi connectivity index (χ1) is 11.0. The second-order valence-electron chi connectivity index (χ2n) is 6.82. The van der Waals surface area contributed by atoms with Crippen LogP contribution >= 0.6 is 0 Å². The molecule has 3 heteroatoms. The summed E-state index contributed by atoms with van der Waals surface area (Å²) in [6.07, 6.45) is 3.62. The van der Waals surface area contributed by atoms with E-state index in [4.69, 9.17) is 4.42 Å². The lowest BCUT2D eigenvalue weighted by atomic mass is 9.87. The lowest BCUT2D eigenvalue weighted by molar-refractivity contribution is 0.589. The number of aromatic nitrogens is 2. The molecule has 0 N–H and O–H groups in total. The van der Waals surface area contributed by atoms with E-state index < -0.39 is 0 Å². The smallest absolute Gasteiger partial charge is 0.227 e. The van der Waals surface area contributed by atoms with Gasteiger partial charge in [-0.05, 0) is 41.3 Å². The fraction of sp³-hybridized carbons (Fsp3) is 0.200. The normalized spacial score (nSPS) is 12.1. The molecule has 4 aromatic rings. The Labute approximate surface area is 135 Å². The van der Waals surface area contributed by atoms with Gasteiger partial charge in [0.25, 0.3) is 0 Å². The first-order valence-electron chi connectivity index (χ1n) is 7.77. The van der Waals surface area contributed by atoms with Crippen molar-refractivity contribution in [2.75, 3.05) is 0 Å². The predicted molar refractivity (Wildman–Crippen MR) is 93.4 cm³/mol. The second kappa shape index (κ2) is 4.92. The molecule has 3 heterocycles. The quantitative estimate of drug-likeness (QED) is 0.476. The highest BCUT2D eigenvalue weighted by Gasteiger charge is 2.17. The third-order valence-corrected chi connectivity index (χ3v) is 4.18. The first-order valence-corrected chi connectivity index (χ1v) is 7.77. The van der Waals surface area contributed by atoms with Crippen LogP contribution in [0, 0.1) is 0 Å². The van der Waals surface area contributed by atoms with Crippen LogP contribution in [0.4, 0.5) is 0 Å². The molecule has 0 fully saturated rings. The highest BCUT2D eigenvalue weighted by molar-refractivity contribution is 6.08. The van der Waals surface area contributed by atoms with Crippen molar-refractivity contribution in [1.29, 1.82) is 0 Å². The Balaban J connectivity index is 1.99. The Kier molecular flexibility index (Phi) is 2.98. The van der Waals surface area contributed by atoms with Crippen molar-refractivity contribution in [3.8, 4) is 11.3 Å². The van der Waals surface area contributed by atoms with Gasteiger partial charge in [0.15, 0.2) is 0 Å². The Hall–Kier alpha value is -2.68. The van der Waals surface area contributed by atoms with E-state index in [2.05, 4.69) is 55.0 Å². The number of benzene rings is 1. The number of rotatable bonds is 1. The molecule has 3 aromatic heterocycles. The number of para-hydroxylation sites is 1. The summed E-state index contributed by atoms with van der Waals surface area (Å²) >= 11 is 0. The maximum absolute atomic E-state index is 6.01. The fourth-order valence-electron chi connectivity index (χ4n) is 2.88. The van der Waals surface area contributed by atoms with E-state index in [1.54, 1.807) is 6.20 Å². The highest BCUT2D eigenvalue weighted by Crippen LogP contribution is 2.35. The highest BCUT2D eigenvalue weighted by atomic mass is 16.3. The second-order valence-corrected chi connectivity index (χ2v) is 6.82. The zero-order valence-electron chi connectivity index (χ0n) is 13.5. The fourth-order valence-corrected chi connectivity index (χ4v) is 2.88. The van der Waals surface area contributed by atoms with Crippen LogP contribution in [0.5, 0.6) is 0 Å². The maximum atomic E-state index is 6.01. The molecule has 0 amide bonds. The lowest BCUT2D eigenvalue weighted by Crippen LogP contribution is -2.11. The topological polar surface area (TPSA) is 38.9 Å². The molecule has 23 heavy (non-hydrogen) atoms. The van der Waals surface area contributed by atoms with Crippen LogP contribution in [0.15, 0.2) is 59.3 Å². The van der Waals surface area contributed by atoms with E-state index in [0.717, 1.165) is 27.6 Å². The van der Waals surface area contributed by atoms with Crippen molar-refractivity contribution < 1.29 is 4.42 Å². The molecular formula is C20H18N2O. The van der Waals surface area contributed by atoms with E-state index in [1.807, 2.05) is 24.4 Å². The third kappa shape index (κ3) is 2.29. The number of nitrogens with zero attached hydrogens (tertiary/aromatic N) is 2. The molecule has 0 bridgehead atoms. The summed E-state index contributed by atoms with van der Waals surface area (Å²) in [6.45, 7) is 6.62. The van der Waals surface area contributed by atoms with Gasteiger partial charge in [-0.3, -0.25) is 4.98 Å². The van der Waals surface area contributed by atoms with Gasteiger partial charge in [0, 0.05) is 28.7 Å². The van der Waals surface area contributed by atoms with Gasteiger partial charge in [-0.2, -0.15) is 0 Å². The number of fused-ring (bicyclic) bond motifs is 3. The van der Waals surface area contributed by atoms with Crippen LogP contribution in [0.25, 0.3) is 33.3 Å². The molecule has 0 radical (unpaired) electrons. The summed E-state index contributed by atoms with van der Waals surface area (Å²) in [5, 5.41) is 2.12. The van der Waals surface area contributed by atoms with Crippen molar-refractivity contribution in [1.82, 2.24) is 9.97 Å². The number of hydrogen-bond acceptors (Lipinski definition) is 3. The minimum atomic E-state index is 0.0843. The molecule has 1 aromatic carbocycles. The average molecular weight is 302 g/mol. The van der Waals surface area contributed by atoms with Crippen molar-refractivity contribution >= 4 is 22.1 Å². The van der Waals surface area contributed by atoms with Crippen LogP contribution in [-0.4, -0.2) is 9.97 Å². The van der Waals surface area contributed by atoms with Crippen molar-refractivity contribution in [3.05, 3.63) is 60.4 Å². The van der Waals surface area contributed by atoms with Crippen molar-refractivity contribution in [2.45, 2.75) is 26.2 Å². The van der Waals surface area contributed by atoms with Gasteiger partial charge in [0.05, 0.1) is 5.69 Å². The monoisotopic (exact) mass is 302 g/mol. The molecule has 0 unspecified atom stereocenters. The van der Waals surface area contributed by atoms with Gasteiger partial charge in [-0.25, -0.2) is 4.98 Å². The summed E-state index contributed by atoms with van der Waals surface area (Å²) in [4.78, 5) is 8.89. The SMILES string of the molecule is CC(C)(C)c1ccnc(-c2cccc3c2oc2ncccc23)c1. The van der Waals surface area contributed by atoms with Crippen molar-refractivity contribution in [2.24, 2.45) is 0 Å². The summed E-state index contributed by atoms with van der Waals surface area (Å²) in [5.74, 6) is 0.